The molecule has 0 aromatic carbocycles. The fraction of sp³-hybridized carbons (Fsp3) is 0.753. The molecule has 0 heterocycles. The van der Waals surface area contributed by atoms with Crippen molar-refractivity contribution in [2.75, 3.05) is 13.2 Å². The molecule has 0 saturated heterocycles. The van der Waals surface area contributed by atoms with Crippen molar-refractivity contribution in [3.63, 3.8) is 0 Å². The van der Waals surface area contributed by atoms with Gasteiger partial charge >= 0.3 is 17.9 Å². The van der Waals surface area contributed by atoms with Gasteiger partial charge in [-0.25, -0.2) is 0 Å². The van der Waals surface area contributed by atoms with Gasteiger partial charge < -0.3 is 14.2 Å². The second-order valence-electron chi connectivity index (χ2n) is 23.8. The number of ether oxygens (including phenoxy) is 3. The predicted molar refractivity (Wildman–Crippen MR) is 362 cm³/mol. The van der Waals surface area contributed by atoms with Gasteiger partial charge in [-0.15, -0.1) is 0 Å². The quantitative estimate of drug-likeness (QED) is 0.0261. The highest BCUT2D eigenvalue weighted by Crippen LogP contribution is 2.18. The smallest absolute Gasteiger partial charge is 0.306 e. The van der Waals surface area contributed by atoms with Gasteiger partial charge in [-0.3, -0.25) is 14.4 Å². The number of unbranched alkanes of at least 4 members (excludes halogenated alkanes) is 38. The molecule has 6 nitrogen and oxygen atoms in total. The van der Waals surface area contributed by atoms with E-state index in [1.807, 2.05) is 0 Å². The molecule has 0 aliphatic rings. The van der Waals surface area contributed by atoms with Crippen LogP contribution in [0.25, 0.3) is 0 Å². The Morgan fingerprint density at radius 3 is 0.783 bits per heavy atom. The molecule has 0 spiro atoms. The van der Waals surface area contributed by atoms with Crippen molar-refractivity contribution in [1.82, 2.24) is 0 Å². The molecule has 6 heteroatoms. The minimum atomic E-state index is -0.806. The Balaban J connectivity index is 4.37. The van der Waals surface area contributed by atoms with Crippen LogP contribution in [0.2, 0.25) is 0 Å². The largest absolute Gasteiger partial charge is 0.462 e. The van der Waals surface area contributed by atoms with Crippen molar-refractivity contribution in [2.45, 2.75) is 361 Å². The Morgan fingerprint density at radius 1 is 0.253 bits per heavy atom. The zero-order chi connectivity index (χ0) is 59.9. The third-order valence-electron chi connectivity index (χ3n) is 15.6. The van der Waals surface area contributed by atoms with E-state index in [2.05, 4.69) is 118 Å². The van der Waals surface area contributed by atoms with Gasteiger partial charge in [0, 0.05) is 19.3 Å². The third kappa shape index (κ3) is 69.0. The van der Waals surface area contributed by atoms with Gasteiger partial charge in [0.25, 0.3) is 0 Å². The van der Waals surface area contributed by atoms with Crippen molar-refractivity contribution < 1.29 is 28.6 Å². The summed E-state index contributed by atoms with van der Waals surface area (Å²) < 4.78 is 17.0. The number of allylic oxidation sites excluding steroid dienone is 16. The Hall–Kier alpha value is -3.67. The number of carbonyl (C=O) groups is 3. The number of hydrogen-bond acceptors (Lipinski definition) is 6. The zero-order valence-electron chi connectivity index (χ0n) is 54.9. The minimum Gasteiger partial charge on any atom is -0.462 e. The van der Waals surface area contributed by atoms with Crippen molar-refractivity contribution >= 4 is 17.9 Å². The lowest BCUT2D eigenvalue weighted by atomic mass is 10.0. The van der Waals surface area contributed by atoms with Crippen LogP contribution < -0.4 is 0 Å². The molecule has 0 aliphatic carbocycles. The SMILES string of the molecule is CC/C=C\C/C=C\C/C=C\C/C=C\C/C=C\C/C=C\CCCCC(=O)OC(COC(=O)CCCCCCCCC/C=C\C/C=C\CCCCC)COC(=O)CCCCCCCCCCCCCCCCCCCCCCCCCCCCC. The van der Waals surface area contributed by atoms with Gasteiger partial charge in [-0.05, 0) is 103 Å². The highest BCUT2D eigenvalue weighted by Gasteiger charge is 2.19. The summed E-state index contributed by atoms with van der Waals surface area (Å²) >= 11 is 0. The first kappa shape index (κ1) is 79.3. The second kappa shape index (κ2) is 70.8. The number of esters is 3. The maximum absolute atomic E-state index is 12.9. The number of rotatable bonds is 65. The molecular weight excluding hydrogens is 1020 g/mol. The molecule has 1 unspecified atom stereocenters. The summed E-state index contributed by atoms with van der Waals surface area (Å²) in [5, 5.41) is 0. The first-order valence-corrected chi connectivity index (χ1v) is 35.7. The van der Waals surface area contributed by atoms with Gasteiger partial charge in [0.05, 0.1) is 0 Å². The highest BCUT2D eigenvalue weighted by atomic mass is 16.6. The Bertz CT molecular complexity index is 1610. The standard InChI is InChI=1S/C77H134O6/c1-4-7-10-13-16-19-22-25-28-31-33-35-36-37-38-39-40-42-43-46-49-52-55-58-61-64-67-70-76(79)82-73-74(72-81-75(78)69-66-63-60-57-54-51-48-45-30-27-24-21-18-15-12-9-6-3)83-77(80)71-68-65-62-59-56-53-50-47-44-41-34-32-29-26-23-20-17-14-11-8-5-2/h8,11,17-18,20-21,26-27,29-30,34,41,47,50,56,59,74H,4-7,9-10,12-16,19,22-25,28,31-33,35-40,42-46,48-49,51-55,57-58,60-73H2,1-3H3/b11-8-,20-17-,21-18-,29-26-,30-27-,41-34-,50-47-,59-56-. The predicted octanol–water partition coefficient (Wildman–Crippen LogP) is 24.8. The van der Waals surface area contributed by atoms with E-state index in [0.29, 0.717) is 19.3 Å². The molecule has 0 bridgehead atoms. The first-order chi connectivity index (χ1) is 41.0. The van der Waals surface area contributed by atoms with Gasteiger partial charge in [-0.2, -0.15) is 0 Å². The molecule has 0 fully saturated rings. The van der Waals surface area contributed by atoms with E-state index in [1.165, 1.54) is 205 Å². The molecular formula is C77H134O6. The summed E-state index contributed by atoms with van der Waals surface area (Å²) in [4.78, 5) is 38.5. The molecule has 1 atom stereocenters. The van der Waals surface area contributed by atoms with Crippen molar-refractivity contribution in [3.8, 4) is 0 Å². The zero-order valence-corrected chi connectivity index (χ0v) is 54.9. The van der Waals surface area contributed by atoms with E-state index in [9.17, 15) is 14.4 Å². The van der Waals surface area contributed by atoms with E-state index >= 15 is 0 Å². The summed E-state index contributed by atoms with van der Waals surface area (Å²) in [6, 6.07) is 0. The fourth-order valence-corrected chi connectivity index (χ4v) is 10.2. The lowest BCUT2D eigenvalue weighted by Crippen LogP contribution is -2.30. The molecule has 0 aliphatic heterocycles. The van der Waals surface area contributed by atoms with Crippen molar-refractivity contribution in [3.05, 3.63) is 97.2 Å². The monoisotopic (exact) mass is 1160 g/mol. The Kier molecular flexibility index (Phi) is 67.7. The average Bonchev–Trinajstić information content (AvgIpc) is 3.50. The Morgan fingerprint density at radius 2 is 0.470 bits per heavy atom. The fourth-order valence-electron chi connectivity index (χ4n) is 10.2. The number of hydrogen-bond donors (Lipinski definition) is 0. The van der Waals surface area contributed by atoms with Crippen molar-refractivity contribution in [1.29, 1.82) is 0 Å². The molecule has 0 rings (SSSR count). The van der Waals surface area contributed by atoms with Gasteiger partial charge in [0.1, 0.15) is 13.2 Å². The van der Waals surface area contributed by atoms with Crippen LogP contribution >= 0.6 is 0 Å². The molecule has 0 amide bonds. The van der Waals surface area contributed by atoms with Gasteiger partial charge in [0.15, 0.2) is 6.10 Å². The van der Waals surface area contributed by atoms with Crippen LogP contribution in [-0.4, -0.2) is 37.2 Å². The highest BCUT2D eigenvalue weighted by molar-refractivity contribution is 5.71. The molecule has 478 valence electrons. The van der Waals surface area contributed by atoms with Crippen LogP contribution in [0.5, 0.6) is 0 Å². The van der Waals surface area contributed by atoms with E-state index in [-0.39, 0.29) is 37.5 Å². The molecule has 0 radical (unpaired) electrons. The first-order valence-electron chi connectivity index (χ1n) is 35.7. The van der Waals surface area contributed by atoms with Crippen LogP contribution in [0.1, 0.15) is 355 Å². The third-order valence-corrected chi connectivity index (χ3v) is 15.6. The van der Waals surface area contributed by atoms with Crippen LogP contribution in [0.15, 0.2) is 97.2 Å². The molecule has 83 heavy (non-hydrogen) atoms. The minimum absolute atomic E-state index is 0.0954. The topological polar surface area (TPSA) is 78.9 Å². The normalized spacial score (nSPS) is 12.7. The Labute approximate surface area is 515 Å². The van der Waals surface area contributed by atoms with Crippen molar-refractivity contribution in [2.24, 2.45) is 0 Å². The lowest BCUT2D eigenvalue weighted by Gasteiger charge is -2.18. The maximum Gasteiger partial charge on any atom is 0.306 e. The van der Waals surface area contributed by atoms with Gasteiger partial charge in [0.2, 0.25) is 0 Å². The summed E-state index contributed by atoms with van der Waals surface area (Å²) in [7, 11) is 0. The van der Waals surface area contributed by atoms with Crippen LogP contribution in [0.4, 0.5) is 0 Å². The molecule has 0 saturated carbocycles. The average molecular weight is 1160 g/mol. The second-order valence-corrected chi connectivity index (χ2v) is 23.8. The number of carbonyl (C=O) groups excluding carboxylic acids is 3. The van der Waals surface area contributed by atoms with E-state index < -0.39 is 6.10 Å². The summed E-state index contributed by atoms with van der Waals surface area (Å²) in [6.07, 6.45) is 95.8. The van der Waals surface area contributed by atoms with Crippen LogP contribution in [-0.2, 0) is 28.6 Å². The van der Waals surface area contributed by atoms with E-state index in [0.717, 1.165) is 103 Å². The molecule has 0 N–H and O–H groups in total. The lowest BCUT2D eigenvalue weighted by molar-refractivity contribution is -0.167. The molecule has 0 aromatic heterocycles. The maximum atomic E-state index is 12.9. The summed E-state index contributed by atoms with van der Waals surface area (Å²) in [6.45, 7) is 6.51. The summed E-state index contributed by atoms with van der Waals surface area (Å²) in [5.41, 5.74) is 0. The molecule has 0 aromatic rings. The van der Waals surface area contributed by atoms with Crippen LogP contribution in [0.3, 0.4) is 0 Å². The van der Waals surface area contributed by atoms with Gasteiger partial charge in [-0.1, -0.05) is 330 Å². The van der Waals surface area contributed by atoms with E-state index in [4.69, 9.17) is 14.2 Å². The summed E-state index contributed by atoms with van der Waals surface area (Å²) in [5.74, 6) is -0.931. The van der Waals surface area contributed by atoms with E-state index in [1.54, 1.807) is 0 Å². The van der Waals surface area contributed by atoms with Crippen LogP contribution in [0, 0.1) is 0 Å².